The second-order valence-corrected chi connectivity index (χ2v) is 6.37. The first-order valence-electron chi connectivity index (χ1n) is 8.98. The summed E-state index contributed by atoms with van der Waals surface area (Å²) in [6, 6.07) is 5.05. The van der Waals surface area contributed by atoms with Gasteiger partial charge < -0.3 is 19.9 Å². The van der Waals surface area contributed by atoms with Crippen LogP contribution in [0, 0.1) is 0 Å². The van der Waals surface area contributed by atoms with E-state index in [-0.39, 0.29) is 11.9 Å². The second-order valence-electron chi connectivity index (χ2n) is 6.37. The zero-order valence-corrected chi connectivity index (χ0v) is 14.7. The number of fused-ring (bicyclic) bond motifs is 1. The Morgan fingerprint density at radius 2 is 1.88 bits per heavy atom. The molecular weight excluding hydrogens is 306 g/mol. The first-order chi connectivity index (χ1) is 11.6. The fourth-order valence-electron chi connectivity index (χ4n) is 2.83. The molecule has 5 heteroatoms. The van der Waals surface area contributed by atoms with Gasteiger partial charge in [-0.1, -0.05) is 38.7 Å². The van der Waals surface area contributed by atoms with Crippen molar-refractivity contribution in [3.8, 4) is 11.5 Å². The maximum atomic E-state index is 12.0. The van der Waals surface area contributed by atoms with Crippen molar-refractivity contribution in [3.63, 3.8) is 0 Å². The van der Waals surface area contributed by atoms with Crippen LogP contribution < -0.4 is 14.8 Å². The van der Waals surface area contributed by atoms with E-state index in [1.165, 1.54) is 19.3 Å². The number of nitrogens with one attached hydrogen (secondary N) is 1. The predicted molar refractivity (Wildman–Crippen MR) is 93.4 cm³/mol. The molecule has 0 aliphatic carbocycles. The predicted octanol–water partition coefficient (Wildman–Crippen LogP) is 3.36. The third-order valence-corrected chi connectivity index (χ3v) is 4.28. The van der Waals surface area contributed by atoms with Crippen LogP contribution in [0.5, 0.6) is 11.5 Å². The summed E-state index contributed by atoms with van der Waals surface area (Å²) in [6.07, 6.45) is 5.33. The minimum atomic E-state index is -0.773. The molecule has 1 amide bonds. The van der Waals surface area contributed by atoms with Gasteiger partial charge in [-0.25, -0.2) is 0 Å². The number of ether oxygens (including phenoxy) is 2. The van der Waals surface area contributed by atoms with E-state index in [4.69, 9.17) is 9.47 Å². The Bertz CT molecular complexity index is 532. The van der Waals surface area contributed by atoms with E-state index in [0.717, 1.165) is 18.4 Å². The van der Waals surface area contributed by atoms with Crippen molar-refractivity contribution in [3.05, 3.63) is 23.8 Å². The molecule has 5 nitrogen and oxygen atoms in total. The Hall–Kier alpha value is -1.75. The molecule has 0 saturated carbocycles. The van der Waals surface area contributed by atoms with Gasteiger partial charge in [-0.05, 0) is 31.0 Å². The van der Waals surface area contributed by atoms with Crippen molar-refractivity contribution in [2.24, 2.45) is 0 Å². The normalized spacial score (nSPS) is 15.6. The Labute approximate surface area is 144 Å². The van der Waals surface area contributed by atoms with Crippen LogP contribution in [0.15, 0.2) is 18.2 Å². The third-order valence-electron chi connectivity index (χ3n) is 4.28. The van der Waals surface area contributed by atoms with E-state index < -0.39 is 6.10 Å². The van der Waals surface area contributed by atoms with E-state index in [1.54, 1.807) is 12.1 Å². The molecule has 0 saturated heterocycles. The van der Waals surface area contributed by atoms with Crippen LogP contribution in [-0.2, 0) is 4.79 Å². The molecule has 2 rings (SSSR count). The van der Waals surface area contributed by atoms with E-state index in [0.29, 0.717) is 31.1 Å². The van der Waals surface area contributed by atoms with Gasteiger partial charge in [-0.2, -0.15) is 0 Å². The number of benzene rings is 1. The number of rotatable bonds is 9. The first-order valence-corrected chi connectivity index (χ1v) is 8.98. The summed E-state index contributed by atoms with van der Waals surface area (Å²) in [5, 5.41) is 13.4. The number of aliphatic hydroxyl groups excluding tert-OH is 1. The van der Waals surface area contributed by atoms with Crippen LogP contribution in [0.25, 0.3) is 0 Å². The van der Waals surface area contributed by atoms with Crippen molar-refractivity contribution in [2.45, 2.75) is 64.5 Å². The van der Waals surface area contributed by atoms with Gasteiger partial charge in [0.1, 0.15) is 13.2 Å². The summed E-state index contributed by atoms with van der Waals surface area (Å²) < 4.78 is 11.0. The number of aliphatic hydroxyl groups is 1. The van der Waals surface area contributed by atoms with Crippen LogP contribution in [0.1, 0.15) is 64.0 Å². The molecule has 1 aliphatic rings. The fourth-order valence-corrected chi connectivity index (χ4v) is 2.83. The number of carbonyl (C=O) groups excluding carboxylic acids is 1. The fraction of sp³-hybridized carbons (Fsp3) is 0.632. The monoisotopic (exact) mass is 335 g/mol. The smallest absolute Gasteiger partial charge is 0.220 e. The van der Waals surface area contributed by atoms with Gasteiger partial charge in [-0.15, -0.1) is 0 Å². The molecule has 0 fully saturated rings. The van der Waals surface area contributed by atoms with Crippen LogP contribution in [0.2, 0.25) is 0 Å². The molecule has 0 aromatic heterocycles. The minimum absolute atomic E-state index is 0.00408. The standard InChI is InChI=1S/C19H29NO4/c1-3-4-5-6-7-8-18(21)20-14(2)19(22)15-9-10-16-17(13-15)24-12-11-23-16/h9-10,13-14,19,22H,3-8,11-12H2,1-2H3,(H,20,21)/t14-,19+/m1/s1. The molecule has 1 aromatic rings. The van der Waals surface area contributed by atoms with Crippen LogP contribution in [-0.4, -0.2) is 30.3 Å². The third kappa shape index (κ3) is 5.41. The molecule has 2 N–H and O–H groups in total. The highest BCUT2D eigenvalue weighted by molar-refractivity contribution is 5.76. The molecule has 24 heavy (non-hydrogen) atoms. The lowest BCUT2D eigenvalue weighted by Gasteiger charge is -2.23. The first kappa shape index (κ1) is 18.6. The van der Waals surface area contributed by atoms with E-state index >= 15 is 0 Å². The molecular formula is C19H29NO4. The Morgan fingerprint density at radius 3 is 2.62 bits per heavy atom. The zero-order chi connectivity index (χ0) is 17.4. The number of hydrogen-bond acceptors (Lipinski definition) is 4. The quantitative estimate of drug-likeness (QED) is 0.679. The Kier molecular flexibility index (Phi) is 7.37. The van der Waals surface area contributed by atoms with Gasteiger partial charge in [0.15, 0.2) is 11.5 Å². The summed E-state index contributed by atoms with van der Waals surface area (Å²) in [5.74, 6) is 1.34. The summed E-state index contributed by atoms with van der Waals surface area (Å²) in [6.45, 7) is 5.04. The SMILES string of the molecule is CCCCCCCC(=O)N[C@H](C)[C@H](O)c1ccc2c(c1)OCCO2. The number of carbonyl (C=O) groups is 1. The van der Waals surface area contributed by atoms with Crippen molar-refractivity contribution in [1.82, 2.24) is 5.32 Å². The van der Waals surface area contributed by atoms with E-state index in [2.05, 4.69) is 12.2 Å². The summed E-state index contributed by atoms with van der Waals surface area (Å²) in [5.41, 5.74) is 0.718. The number of amides is 1. The molecule has 1 heterocycles. The van der Waals surface area contributed by atoms with Crippen molar-refractivity contribution < 1.29 is 19.4 Å². The molecule has 134 valence electrons. The largest absolute Gasteiger partial charge is 0.486 e. The summed E-state index contributed by atoms with van der Waals surface area (Å²) >= 11 is 0. The molecule has 1 aliphatic heterocycles. The summed E-state index contributed by atoms with van der Waals surface area (Å²) in [7, 11) is 0. The van der Waals surface area contributed by atoms with Crippen molar-refractivity contribution in [2.75, 3.05) is 13.2 Å². The van der Waals surface area contributed by atoms with Crippen molar-refractivity contribution in [1.29, 1.82) is 0 Å². The van der Waals surface area contributed by atoms with Gasteiger partial charge >= 0.3 is 0 Å². The van der Waals surface area contributed by atoms with Crippen LogP contribution in [0.4, 0.5) is 0 Å². The highest BCUT2D eigenvalue weighted by Gasteiger charge is 2.21. The number of hydrogen-bond donors (Lipinski definition) is 2. The average Bonchev–Trinajstić information content (AvgIpc) is 2.60. The Morgan fingerprint density at radius 1 is 1.17 bits per heavy atom. The molecule has 0 radical (unpaired) electrons. The highest BCUT2D eigenvalue weighted by Crippen LogP contribution is 2.33. The van der Waals surface area contributed by atoms with Crippen molar-refractivity contribution >= 4 is 5.91 Å². The topological polar surface area (TPSA) is 67.8 Å². The second kappa shape index (κ2) is 9.52. The van der Waals surface area contributed by atoms with Gasteiger partial charge in [0.05, 0.1) is 12.1 Å². The van der Waals surface area contributed by atoms with Gasteiger partial charge in [-0.3, -0.25) is 4.79 Å². The molecule has 0 unspecified atom stereocenters. The number of unbranched alkanes of at least 4 members (excludes halogenated alkanes) is 4. The minimum Gasteiger partial charge on any atom is -0.486 e. The van der Waals surface area contributed by atoms with E-state index in [1.807, 2.05) is 13.0 Å². The van der Waals surface area contributed by atoms with E-state index in [9.17, 15) is 9.90 Å². The molecule has 0 bridgehead atoms. The zero-order valence-electron chi connectivity index (χ0n) is 14.7. The van der Waals surface area contributed by atoms with Crippen LogP contribution >= 0.6 is 0 Å². The average molecular weight is 335 g/mol. The molecule has 0 spiro atoms. The van der Waals surface area contributed by atoms with Gasteiger partial charge in [0.25, 0.3) is 0 Å². The van der Waals surface area contributed by atoms with Crippen LogP contribution in [0.3, 0.4) is 0 Å². The van der Waals surface area contributed by atoms with Gasteiger partial charge in [0.2, 0.25) is 5.91 Å². The molecule has 1 aromatic carbocycles. The Balaban J connectivity index is 1.81. The lowest BCUT2D eigenvalue weighted by atomic mass is 10.0. The maximum Gasteiger partial charge on any atom is 0.220 e. The molecule has 2 atom stereocenters. The van der Waals surface area contributed by atoms with Gasteiger partial charge in [0, 0.05) is 6.42 Å². The lowest BCUT2D eigenvalue weighted by molar-refractivity contribution is -0.122. The lowest BCUT2D eigenvalue weighted by Crippen LogP contribution is -2.37. The highest BCUT2D eigenvalue weighted by atomic mass is 16.6. The maximum absolute atomic E-state index is 12.0. The summed E-state index contributed by atoms with van der Waals surface area (Å²) in [4.78, 5) is 12.0.